The van der Waals surface area contributed by atoms with E-state index >= 15 is 0 Å². The van der Waals surface area contributed by atoms with Crippen LogP contribution in [0.15, 0.2) is 23.1 Å². The molecule has 0 aliphatic heterocycles. The largest absolute Gasteiger partial charge is 0.457 e. The van der Waals surface area contributed by atoms with Gasteiger partial charge in [-0.25, -0.2) is 12.8 Å². The van der Waals surface area contributed by atoms with Crippen LogP contribution in [0, 0.1) is 0 Å². The van der Waals surface area contributed by atoms with Crippen LogP contribution in [0.5, 0.6) is 0 Å². The molecule has 1 rings (SSSR count). The zero-order valence-corrected chi connectivity index (χ0v) is 12.6. The highest BCUT2D eigenvalue weighted by Crippen LogP contribution is 2.58. The fourth-order valence-corrected chi connectivity index (χ4v) is 2.69. The van der Waals surface area contributed by atoms with Crippen molar-refractivity contribution in [2.24, 2.45) is 0 Å². The zero-order valence-electron chi connectivity index (χ0n) is 11.8. The lowest BCUT2D eigenvalue weighted by molar-refractivity contribution is -0.389. The summed E-state index contributed by atoms with van der Waals surface area (Å²) >= 11 is 0. The number of rotatable bonds is 4. The molecule has 1 atom stereocenters. The predicted molar refractivity (Wildman–Crippen MR) is 63.9 cm³/mol. The molecule has 3 nitrogen and oxygen atoms in total. The molecule has 0 bridgehead atoms. The first-order chi connectivity index (χ1) is 11.3. The molecule has 0 saturated heterocycles. The Bertz CT molecular complexity index is 784. The van der Waals surface area contributed by atoms with Gasteiger partial charge in [0.25, 0.3) is 0 Å². The molecule has 1 aromatic carbocycles. The lowest BCUT2D eigenvalue weighted by Crippen LogP contribution is -2.59. The van der Waals surface area contributed by atoms with Crippen LogP contribution in [0.4, 0.5) is 54.0 Å². The Morgan fingerprint density at radius 1 is 0.846 bits per heavy atom. The van der Waals surface area contributed by atoms with Crippen LogP contribution in [-0.2, 0) is 15.5 Å². The Hall–Kier alpha value is -1.80. The number of halogens is 11. The fourth-order valence-electron chi connectivity index (χ4n) is 1.81. The predicted octanol–water partition coefficient (Wildman–Crippen LogP) is 4.19. The van der Waals surface area contributed by atoms with E-state index < -0.39 is 61.8 Å². The summed E-state index contributed by atoms with van der Waals surface area (Å²) in [7, 11) is -5.84. The molecule has 0 fully saturated rings. The van der Waals surface area contributed by atoms with Gasteiger partial charge >= 0.3 is 29.7 Å². The maximum absolute atomic E-state index is 14.2. The van der Waals surface area contributed by atoms with Crippen molar-refractivity contribution in [2.75, 3.05) is 5.73 Å². The van der Waals surface area contributed by atoms with Gasteiger partial charge in [0.15, 0.2) is 0 Å². The van der Waals surface area contributed by atoms with E-state index in [2.05, 4.69) is 0 Å². The van der Waals surface area contributed by atoms with E-state index in [1.165, 1.54) is 0 Å². The van der Waals surface area contributed by atoms with Crippen LogP contribution in [0.3, 0.4) is 0 Å². The van der Waals surface area contributed by atoms with Crippen LogP contribution < -0.4 is 5.73 Å². The molecule has 2 N–H and O–H groups in total. The van der Waals surface area contributed by atoms with E-state index in [0.717, 1.165) is 0 Å². The van der Waals surface area contributed by atoms with Crippen molar-refractivity contribution in [3.63, 3.8) is 0 Å². The average molecular weight is 425 g/mol. The summed E-state index contributed by atoms with van der Waals surface area (Å²) in [5, 5.41) is 0. The quantitative estimate of drug-likeness (QED) is 0.582. The molecular formula is C11H6F11NO2S. The topological polar surface area (TPSA) is 60.2 Å². The molecular weight excluding hydrogens is 419 g/mol. The Morgan fingerprint density at radius 2 is 1.31 bits per heavy atom. The number of anilines is 1. The summed E-state index contributed by atoms with van der Waals surface area (Å²) in [5.41, 5.74) is -5.32. The lowest BCUT2D eigenvalue weighted by Gasteiger charge is -2.36. The third-order valence-electron chi connectivity index (χ3n) is 3.13. The summed E-state index contributed by atoms with van der Waals surface area (Å²) in [5.74, 6) is -11.4. The molecule has 150 valence electrons. The molecule has 0 heterocycles. The van der Waals surface area contributed by atoms with Crippen molar-refractivity contribution in [3.05, 3.63) is 23.8 Å². The number of sulfone groups is 1. The summed E-state index contributed by atoms with van der Waals surface area (Å²) in [4.78, 5) is -1.94. The van der Waals surface area contributed by atoms with Crippen LogP contribution in [0.2, 0.25) is 0 Å². The minimum absolute atomic E-state index is 0.0167. The Balaban J connectivity index is 3.89. The number of hydrogen-bond donors (Lipinski definition) is 1. The summed E-state index contributed by atoms with van der Waals surface area (Å²) in [6, 6.07) is -1.06. The average Bonchev–Trinajstić information content (AvgIpc) is 2.43. The van der Waals surface area contributed by atoms with Gasteiger partial charge in [-0.3, -0.25) is 0 Å². The number of hydrogen-bond acceptors (Lipinski definition) is 3. The Kier molecular flexibility index (Phi) is 5.24. The molecule has 0 amide bonds. The second-order valence-corrected chi connectivity index (χ2v) is 6.67. The maximum atomic E-state index is 14.2. The van der Waals surface area contributed by atoms with E-state index in [9.17, 15) is 56.7 Å². The van der Waals surface area contributed by atoms with Gasteiger partial charge in [0.1, 0.15) is 0 Å². The second kappa shape index (κ2) is 6.13. The molecule has 1 unspecified atom stereocenters. The lowest BCUT2D eigenvalue weighted by atomic mass is 9.87. The summed E-state index contributed by atoms with van der Waals surface area (Å²) in [6.07, 6.45) is -14.0. The van der Waals surface area contributed by atoms with Crippen LogP contribution in [0.1, 0.15) is 5.56 Å². The number of nitrogens with two attached hydrogens (primary N) is 1. The highest BCUT2D eigenvalue weighted by atomic mass is 32.2. The van der Waals surface area contributed by atoms with Crippen LogP contribution in [-0.4, -0.2) is 32.5 Å². The molecule has 0 spiro atoms. The van der Waals surface area contributed by atoms with E-state index in [1.54, 1.807) is 0 Å². The van der Waals surface area contributed by atoms with Gasteiger partial charge in [0, 0.05) is 5.56 Å². The SMILES string of the molecule is Nc1ccc(C(F)(C(F)(F)F)C(F)(F)C(F)(F)F)cc1S(=O)(=O)C(F)F. The van der Waals surface area contributed by atoms with Crippen LogP contribution >= 0.6 is 0 Å². The first kappa shape index (κ1) is 22.2. The van der Waals surface area contributed by atoms with Gasteiger partial charge in [-0.15, -0.1) is 0 Å². The molecule has 1 aromatic rings. The fraction of sp³-hybridized carbons (Fsp3) is 0.455. The van der Waals surface area contributed by atoms with E-state index in [0.29, 0.717) is 0 Å². The van der Waals surface area contributed by atoms with Gasteiger partial charge in [-0.05, 0) is 12.1 Å². The van der Waals surface area contributed by atoms with Crippen molar-refractivity contribution in [1.82, 2.24) is 0 Å². The van der Waals surface area contributed by atoms with Gasteiger partial charge in [0.2, 0.25) is 9.84 Å². The third-order valence-corrected chi connectivity index (χ3v) is 4.57. The van der Waals surface area contributed by atoms with E-state index in [1.807, 2.05) is 0 Å². The van der Waals surface area contributed by atoms with Gasteiger partial charge in [-0.1, -0.05) is 6.07 Å². The van der Waals surface area contributed by atoms with Gasteiger partial charge in [-0.2, -0.15) is 43.9 Å². The van der Waals surface area contributed by atoms with Crippen molar-refractivity contribution < 1.29 is 56.7 Å². The van der Waals surface area contributed by atoms with E-state index in [-0.39, 0.29) is 12.1 Å². The van der Waals surface area contributed by atoms with Crippen molar-refractivity contribution >= 4 is 15.5 Å². The third kappa shape index (κ3) is 3.16. The number of benzene rings is 1. The maximum Gasteiger partial charge on any atom is 0.457 e. The van der Waals surface area contributed by atoms with E-state index in [4.69, 9.17) is 5.73 Å². The highest BCUT2D eigenvalue weighted by molar-refractivity contribution is 7.91. The normalized spacial score (nSPS) is 16.6. The molecule has 0 radical (unpaired) electrons. The van der Waals surface area contributed by atoms with Crippen molar-refractivity contribution in [3.8, 4) is 0 Å². The minimum atomic E-state index is -7.08. The van der Waals surface area contributed by atoms with Gasteiger partial charge < -0.3 is 5.73 Å². The summed E-state index contributed by atoms with van der Waals surface area (Å²) < 4.78 is 164. The molecule has 0 aliphatic rings. The summed E-state index contributed by atoms with van der Waals surface area (Å²) in [6.45, 7) is 0. The molecule has 0 aliphatic carbocycles. The first-order valence-corrected chi connectivity index (χ1v) is 7.48. The molecule has 15 heteroatoms. The Morgan fingerprint density at radius 3 is 1.65 bits per heavy atom. The molecule has 0 saturated carbocycles. The van der Waals surface area contributed by atoms with Gasteiger partial charge in [0.05, 0.1) is 10.6 Å². The second-order valence-electron chi connectivity index (χ2n) is 4.79. The molecule has 26 heavy (non-hydrogen) atoms. The smallest absolute Gasteiger partial charge is 0.398 e. The van der Waals surface area contributed by atoms with Crippen molar-refractivity contribution in [1.29, 1.82) is 0 Å². The highest BCUT2D eigenvalue weighted by Gasteiger charge is 2.81. The first-order valence-electron chi connectivity index (χ1n) is 5.94. The van der Waals surface area contributed by atoms with Crippen molar-refractivity contribution in [2.45, 2.75) is 34.6 Å². The number of alkyl halides is 11. The monoisotopic (exact) mass is 425 g/mol. The van der Waals surface area contributed by atoms with Crippen LogP contribution in [0.25, 0.3) is 0 Å². The Labute approximate surface area is 137 Å². The standard InChI is InChI=1S/C11H6F11NO2S/c12-7(13)26(24,25)6-3-4(1-2-5(6)23)8(14,10(17,18)19)9(15,16)11(20,21)22/h1-3,7H,23H2. The molecule has 0 aromatic heterocycles. The zero-order chi connectivity index (χ0) is 20.9. The number of nitrogen functional groups attached to an aromatic ring is 1. The minimum Gasteiger partial charge on any atom is -0.398 e.